The molecule has 0 aliphatic carbocycles. The molecule has 1 saturated heterocycles. The van der Waals surface area contributed by atoms with Crippen LogP contribution < -0.4 is 5.32 Å². The first-order valence-electron chi connectivity index (χ1n) is 13.6. The van der Waals surface area contributed by atoms with Crippen LogP contribution >= 0.6 is 0 Å². The largest absolute Gasteiger partial charge is 0.456 e. The van der Waals surface area contributed by atoms with E-state index in [9.17, 15) is 4.79 Å². The normalized spacial score (nSPS) is 15.2. The van der Waals surface area contributed by atoms with Crippen LogP contribution in [-0.4, -0.2) is 52.4 Å². The molecule has 6 rings (SSSR count). The van der Waals surface area contributed by atoms with Crippen LogP contribution in [0.5, 0.6) is 0 Å². The lowest BCUT2D eigenvalue weighted by atomic mass is 10.0. The Hall–Kier alpha value is -4.00. The summed E-state index contributed by atoms with van der Waals surface area (Å²) in [5, 5.41) is 5.09. The molecule has 198 valence electrons. The third kappa shape index (κ3) is 5.44. The second kappa shape index (κ2) is 10.3. The van der Waals surface area contributed by atoms with E-state index in [-0.39, 0.29) is 11.4 Å². The number of benzene rings is 3. The van der Waals surface area contributed by atoms with Crippen molar-refractivity contribution >= 4 is 33.5 Å². The summed E-state index contributed by atoms with van der Waals surface area (Å²) in [6.45, 7) is 12.1. The number of anilines is 1. The fourth-order valence-electron chi connectivity index (χ4n) is 5.33. The third-order valence-electron chi connectivity index (χ3n) is 7.58. The van der Waals surface area contributed by atoms with Crippen molar-refractivity contribution < 1.29 is 9.21 Å². The molecule has 3 aromatic carbocycles. The minimum absolute atomic E-state index is 0.220. The second-order valence-corrected chi connectivity index (χ2v) is 11.3. The van der Waals surface area contributed by atoms with Crippen LogP contribution in [0.3, 0.4) is 0 Å². The minimum atomic E-state index is -0.252. The van der Waals surface area contributed by atoms with Crippen LogP contribution in [0.15, 0.2) is 89.3 Å². The van der Waals surface area contributed by atoms with E-state index < -0.39 is 0 Å². The monoisotopic (exact) mass is 518 g/mol. The number of para-hydroxylation sites is 2. The quantitative estimate of drug-likeness (QED) is 0.277. The van der Waals surface area contributed by atoms with E-state index in [2.05, 4.69) is 59.1 Å². The first-order valence-corrected chi connectivity index (χ1v) is 13.6. The van der Waals surface area contributed by atoms with Gasteiger partial charge in [-0.05, 0) is 62.7 Å². The lowest BCUT2D eigenvalue weighted by Gasteiger charge is -2.42. The molecule has 5 aromatic rings. The van der Waals surface area contributed by atoms with Crippen molar-refractivity contribution in [3.8, 4) is 11.3 Å². The molecule has 6 nitrogen and oxygen atoms in total. The fourth-order valence-corrected chi connectivity index (χ4v) is 5.33. The second-order valence-electron chi connectivity index (χ2n) is 11.3. The minimum Gasteiger partial charge on any atom is -0.456 e. The predicted molar refractivity (Wildman–Crippen MR) is 158 cm³/mol. The zero-order valence-corrected chi connectivity index (χ0v) is 22.8. The molecule has 1 N–H and O–H groups in total. The van der Waals surface area contributed by atoms with Gasteiger partial charge in [-0.15, -0.1) is 0 Å². The molecule has 0 saturated carbocycles. The number of carbonyl (C=O) groups is 1. The molecule has 2 aromatic heterocycles. The van der Waals surface area contributed by atoms with Crippen LogP contribution in [0.2, 0.25) is 0 Å². The Morgan fingerprint density at radius 2 is 1.62 bits per heavy atom. The summed E-state index contributed by atoms with van der Waals surface area (Å²) in [4.78, 5) is 22.7. The SMILES string of the molecule is CC(C)(C)N1CCN(Cc2ccc3cc(-c4ccccc4NC(=O)c4ccc5ccccc5n4)oc3c2)CC1. The van der Waals surface area contributed by atoms with Crippen LogP contribution in [0.25, 0.3) is 33.2 Å². The molecular formula is C33H34N4O2. The maximum absolute atomic E-state index is 13.1. The average molecular weight is 519 g/mol. The van der Waals surface area contributed by atoms with Crippen molar-refractivity contribution in [2.75, 3.05) is 31.5 Å². The highest BCUT2D eigenvalue weighted by molar-refractivity contribution is 6.06. The number of nitrogens with one attached hydrogen (secondary N) is 1. The lowest BCUT2D eigenvalue weighted by Crippen LogP contribution is -2.53. The van der Waals surface area contributed by atoms with Gasteiger partial charge < -0.3 is 9.73 Å². The van der Waals surface area contributed by atoms with Gasteiger partial charge in [-0.1, -0.05) is 48.5 Å². The van der Waals surface area contributed by atoms with Crippen molar-refractivity contribution in [2.24, 2.45) is 0 Å². The predicted octanol–water partition coefficient (Wildman–Crippen LogP) is 6.82. The molecule has 1 fully saturated rings. The number of amides is 1. The standard InChI is InChI=1S/C33H34N4O2/c1-33(2,3)37-18-16-36(17-19-37)22-23-12-13-25-21-31(39-30(25)20-23)26-9-5-7-11-28(26)35-32(38)29-15-14-24-8-4-6-10-27(24)34-29/h4-15,20-21H,16-19,22H2,1-3H3,(H,35,38). The number of nitrogens with zero attached hydrogens (tertiary/aromatic N) is 3. The Balaban J connectivity index is 1.20. The van der Waals surface area contributed by atoms with E-state index in [1.165, 1.54) is 5.56 Å². The van der Waals surface area contributed by atoms with Crippen LogP contribution in [-0.2, 0) is 6.54 Å². The highest BCUT2D eigenvalue weighted by Crippen LogP contribution is 2.33. The molecule has 0 unspecified atom stereocenters. The number of carbonyl (C=O) groups excluding carboxylic acids is 1. The Morgan fingerprint density at radius 3 is 2.44 bits per heavy atom. The van der Waals surface area contributed by atoms with Crippen molar-refractivity contribution in [2.45, 2.75) is 32.9 Å². The van der Waals surface area contributed by atoms with Crippen molar-refractivity contribution in [3.63, 3.8) is 0 Å². The zero-order valence-electron chi connectivity index (χ0n) is 22.8. The van der Waals surface area contributed by atoms with Gasteiger partial charge in [0.15, 0.2) is 0 Å². The molecule has 0 bridgehead atoms. The van der Waals surface area contributed by atoms with E-state index in [0.29, 0.717) is 11.4 Å². The molecule has 0 spiro atoms. The Labute approximate surface area is 229 Å². The number of aromatic nitrogens is 1. The molecule has 1 aliphatic rings. The number of hydrogen-bond donors (Lipinski definition) is 1. The maximum atomic E-state index is 13.1. The average Bonchev–Trinajstić information content (AvgIpc) is 3.36. The van der Waals surface area contributed by atoms with E-state index in [1.807, 2.05) is 60.7 Å². The molecule has 1 amide bonds. The van der Waals surface area contributed by atoms with Gasteiger partial charge in [0, 0.05) is 54.6 Å². The summed E-state index contributed by atoms with van der Waals surface area (Å²) < 4.78 is 6.34. The van der Waals surface area contributed by atoms with Crippen LogP contribution in [0, 0.1) is 0 Å². The molecule has 39 heavy (non-hydrogen) atoms. The van der Waals surface area contributed by atoms with Gasteiger partial charge in [0.25, 0.3) is 5.91 Å². The lowest BCUT2D eigenvalue weighted by molar-refractivity contribution is 0.0591. The highest BCUT2D eigenvalue weighted by atomic mass is 16.3. The summed E-state index contributed by atoms with van der Waals surface area (Å²) in [5.41, 5.74) is 5.02. The Kier molecular flexibility index (Phi) is 6.67. The van der Waals surface area contributed by atoms with Crippen molar-refractivity contribution in [3.05, 3.63) is 96.2 Å². The van der Waals surface area contributed by atoms with E-state index in [4.69, 9.17) is 4.42 Å². The number of rotatable bonds is 5. The smallest absolute Gasteiger partial charge is 0.274 e. The molecule has 1 aliphatic heterocycles. The molecule has 0 radical (unpaired) electrons. The van der Waals surface area contributed by atoms with Crippen LogP contribution in [0.4, 0.5) is 5.69 Å². The van der Waals surface area contributed by atoms with Gasteiger partial charge in [-0.25, -0.2) is 4.98 Å². The number of hydrogen-bond acceptors (Lipinski definition) is 5. The van der Waals surface area contributed by atoms with Gasteiger partial charge in [-0.3, -0.25) is 14.6 Å². The summed E-state index contributed by atoms with van der Waals surface area (Å²) in [6, 6.07) is 27.7. The number of pyridine rings is 1. The topological polar surface area (TPSA) is 61.6 Å². The van der Waals surface area contributed by atoms with E-state index in [0.717, 1.165) is 65.9 Å². The van der Waals surface area contributed by atoms with Crippen molar-refractivity contribution in [1.82, 2.24) is 14.8 Å². The van der Waals surface area contributed by atoms with Gasteiger partial charge in [0.1, 0.15) is 17.0 Å². The highest BCUT2D eigenvalue weighted by Gasteiger charge is 2.25. The molecule has 6 heteroatoms. The van der Waals surface area contributed by atoms with Gasteiger partial charge in [0.2, 0.25) is 0 Å². The number of fused-ring (bicyclic) bond motifs is 2. The van der Waals surface area contributed by atoms with Crippen molar-refractivity contribution in [1.29, 1.82) is 0 Å². The third-order valence-corrected chi connectivity index (χ3v) is 7.58. The molecule has 0 atom stereocenters. The zero-order chi connectivity index (χ0) is 27.0. The first kappa shape index (κ1) is 25.3. The van der Waals surface area contributed by atoms with Crippen LogP contribution in [0.1, 0.15) is 36.8 Å². The maximum Gasteiger partial charge on any atom is 0.274 e. The van der Waals surface area contributed by atoms with Gasteiger partial charge >= 0.3 is 0 Å². The number of piperazine rings is 1. The fraction of sp³-hybridized carbons (Fsp3) is 0.273. The summed E-state index contributed by atoms with van der Waals surface area (Å²) >= 11 is 0. The summed E-state index contributed by atoms with van der Waals surface area (Å²) in [5.74, 6) is 0.474. The van der Waals surface area contributed by atoms with E-state index in [1.54, 1.807) is 6.07 Å². The Morgan fingerprint density at radius 1 is 0.872 bits per heavy atom. The van der Waals surface area contributed by atoms with Gasteiger partial charge in [-0.2, -0.15) is 0 Å². The molecule has 3 heterocycles. The summed E-state index contributed by atoms with van der Waals surface area (Å²) in [7, 11) is 0. The molecular weight excluding hydrogens is 484 g/mol. The van der Waals surface area contributed by atoms with E-state index >= 15 is 0 Å². The first-order chi connectivity index (χ1) is 18.8. The Bertz CT molecular complexity index is 1640. The summed E-state index contributed by atoms with van der Waals surface area (Å²) in [6.07, 6.45) is 0. The van der Waals surface area contributed by atoms with Gasteiger partial charge in [0.05, 0.1) is 11.2 Å². The number of furan rings is 1.